The number of anilines is 2. The summed E-state index contributed by atoms with van der Waals surface area (Å²) in [4.78, 5) is 13.1. The van der Waals surface area contributed by atoms with Crippen molar-refractivity contribution >= 4 is 17.3 Å². The summed E-state index contributed by atoms with van der Waals surface area (Å²) >= 11 is 0. The summed E-state index contributed by atoms with van der Waals surface area (Å²) in [6.45, 7) is 4.14. The van der Waals surface area contributed by atoms with Crippen molar-refractivity contribution in [1.29, 1.82) is 0 Å². The van der Waals surface area contributed by atoms with Gasteiger partial charge in [-0.25, -0.2) is 0 Å². The van der Waals surface area contributed by atoms with Gasteiger partial charge >= 0.3 is 0 Å². The highest BCUT2D eigenvalue weighted by atomic mass is 16.1. The van der Waals surface area contributed by atoms with Crippen LogP contribution in [0.2, 0.25) is 0 Å². The van der Waals surface area contributed by atoms with Crippen molar-refractivity contribution in [1.82, 2.24) is 0 Å². The molecule has 0 aliphatic carbocycles. The van der Waals surface area contributed by atoms with Crippen LogP contribution in [0, 0.1) is 0 Å². The number of rotatable bonds is 3. The maximum absolute atomic E-state index is 11.1. The van der Waals surface area contributed by atoms with E-state index in [1.165, 1.54) is 0 Å². The fourth-order valence-electron chi connectivity index (χ4n) is 1.28. The molecule has 1 aromatic carbocycles. The average molecular weight is 207 g/mol. The lowest BCUT2D eigenvalue weighted by Gasteiger charge is -2.24. The second kappa shape index (κ2) is 4.21. The molecule has 0 bridgehead atoms. The van der Waals surface area contributed by atoms with Gasteiger partial charge in [0, 0.05) is 24.5 Å². The first-order valence-corrected chi connectivity index (χ1v) is 4.85. The molecule has 0 heterocycles. The molecule has 4 nitrogen and oxygen atoms in total. The molecule has 0 unspecified atom stereocenters. The molecule has 1 amide bonds. The Morgan fingerprint density at radius 3 is 2.47 bits per heavy atom. The summed E-state index contributed by atoms with van der Waals surface area (Å²) in [5.74, 6) is -0.494. The lowest BCUT2D eigenvalue weighted by Crippen LogP contribution is -2.26. The Morgan fingerprint density at radius 1 is 1.40 bits per heavy atom. The van der Waals surface area contributed by atoms with Gasteiger partial charge in [0.05, 0.1) is 5.56 Å². The molecule has 82 valence electrons. The molecule has 0 saturated heterocycles. The van der Waals surface area contributed by atoms with Crippen LogP contribution >= 0.6 is 0 Å². The number of hydrogen-bond acceptors (Lipinski definition) is 3. The molecule has 0 atom stereocenters. The molecule has 0 aliphatic rings. The van der Waals surface area contributed by atoms with Gasteiger partial charge in [-0.2, -0.15) is 0 Å². The first-order chi connectivity index (χ1) is 6.93. The Morgan fingerprint density at radius 2 is 2.00 bits per heavy atom. The van der Waals surface area contributed by atoms with E-state index in [1.807, 2.05) is 18.0 Å². The minimum absolute atomic E-state index is 0.356. The molecule has 1 aromatic rings. The smallest absolute Gasteiger partial charge is 0.250 e. The Kier molecular flexibility index (Phi) is 3.19. The van der Waals surface area contributed by atoms with Crippen molar-refractivity contribution in [3.8, 4) is 0 Å². The summed E-state index contributed by atoms with van der Waals surface area (Å²) in [5, 5.41) is 0. The second-order valence-electron chi connectivity index (χ2n) is 3.84. The largest absolute Gasteiger partial charge is 0.398 e. The number of nitrogens with zero attached hydrogens (tertiary/aromatic N) is 1. The molecular weight excluding hydrogens is 190 g/mol. The van der Waals surface area contributed by atoms with Crippen LogP contribution in [0.3, 0.4) is 0 Å². The van der Waals surface area contributed by atoms with Crippen LogP contribution in [-0.2, 0) is 0 Å². The van der Waals surface area contributed by atoms with Crippen LogP contribution in [0.15, 0.2) is 18.2 Å². The van der Waals surface area contributed by atoms with Gasteiger partial charge in [0.2, 0.25) is 0 Å². The molecule has 1 rings (SSSR count). The van der Waals surface area contributed by atoms with Crippen molar-refractivity contribution in [2.24, 2.45) is 5.73 Å². The van der Waals surface area contributed by atoms with Gasteiger partial charge in [-0.15, -0.1) is 0 Å². The lowest BCUT2D eigenvalue weighted by molar-refractivity contribution is 0.100. The van der Waals surface area contributed by atoms with Crippen molar-refractivity contribution in [2.75, 3.05) is 17.7 Å². The molecule has 4 heteroatoms. The van der Waals surface area contributed by atoms with E-state index in [0.29, 0.717) is 17.3 Å². The summed E-state index contributed by atoms with van der Waals surface area (Å²) in [7, 11) is 1.96. The van der Waals surface area contributed by atoms with Crippen LogP contribution in [0.4, 0.5) is 11.4 Å². The van der Waals surface area contributed by atoms with E-state index in [-0.39, 0.29) is 0 Å². The van der Waals surface area contributed by atoms with Crippen molar-refractivity contribution in [3.63, 3.8) is 0 Å². The Bertz CT molecular complexity index is 374. The van der Waals surface area contributed by atoms with Crippen LogP contribution in [0.5, 0.6) is 0 Å². The monoisotopic (exact) mass is 207 g/mol. The molecule has 0 saturated carbocycles. The van der Waals surface area contributed by atoms with Crippen LogP contribution in [0.1, 0.15) is 24.2 Å². The normalized spacial score (nSPS) is 10.4. The lowest BCUT2D eigenvalue weighted by atomic mass is 10.1. The average Bonchev–Trinajstić information content (AvgIpc) is 2.16. The number of hydrogen-bond donors (Lipinski definition) is 2. The number of carbonyl (C=O) groups excluding carboxylic acids is 1. The highest BCUT2D eigenvalue weighted by molar-refractivity contribution is 5.99. The van der Waals surface area contributed by atoms with E-state index in [9.17, 15) is 4.79 Å². The van der Waals surface area contributed by atoms with E-state index in [0.717, 1.165) is 5.69 Å². The molecule has 15 heavy (non-hydrogen) atoms. The van der Waals surface area contributed by atoms with Crippen molar-refractivity contribution in [3.05, 3.63) is 23.8 Å². The van der Waals surface area contributed by atoms with E-state index in [4.69, 9.17) is 11.5 Å². The zero-order chi connectivity index (χ0) is 11.6. The molecule has 0 aliphatic heterocycles. The Labute approximate surface area is 89.9 Å². The molecule has 4 N–H and O–H groups in total. The fraction of sp³-hybridized carbons (Fsp3) is 0.364. The van der Waals surface area contributed by atoms with Gasteiger partial charge in [0.15, 0.2) is 0 Å². The van der Waals surface area contributed by atoms with Gasteiger partial charge in [0.25, 0.3) is 5.91 Å². The molecule has 0 spiro atoms. The van der Waals surface area contributed by atoms with Crippen molar-refractivity contribution < 1.29 is 4.79 Å². The second-order valence-corrected chi connectivity index (χ2v) is 3.84. The number of benzene rings is 1. The maximum atomic E-state index is 11.1. The highest BCUT2D eigenvalue weighted by Crippen LogP contribution is 2.21. The fourth-order valence-corrected chi connectivity index (χ4v) is 1.28. The summed E-state index contributed by atoms with van der Waals surface area (Å²) in [5.41, 5.74) is 12.6. The number of nitrogens with two attached hydrogens (primary N) is 2. The Balaban J connectivity index is 3.13. The number of nitrogen functional groups attached to an aromatic ring is 1. The van der Waals surface area contributed by atoms with Gasteiger partial charge in [-0.3, -0.25) is 4.79 Å². The quantitative estimate of drug-likeness (QED) is 0.732. The summed E-state index contributed by atoms with van der Waals surface area (Å²) < 4.78 is 0. The zero-order valence-electron chi connectivity index (χ0n) is 9.32. The van der Waals surface area contributed by atoms with E-state index < -0.39 is 5.91 Å². The first-order valence-electron chi connectivity index (χ1n) is 4.85. The molecular formula is C11H17N3O. The summed E-state index contributed by atoms with van der Waals surface area (Å²) in [6.07, 6.45) is 0. The van der Waals surface area contributed by atoms with Crippen LogP contribution in [0.25, 0.3) is 0 Å². The maximum Gasteiger partial charge on any atom is 0.250 e. The number of amides is 1. The van der Waals surface area contributed by atoms with Crippen molar-refractivity contribution in [2.45, 2.75) is 19.9 Å². The third-order valence-electron chi connectivity index (χ3n) is 2.48. The van der Waals surface area contributed by atoms with Crippen LogP contribution in [-0.4, -0.2) is 19.0 Å². The standard InChI is InChI=1S/C11H17N3O/c1-7(2)14(3)8-4-5-10(12)9(6-8)11(13)15/h4-7H,12H2,1-3H3,(H2,13,15). The summed E-state index contributed by atoms with van der Waals surface area (Å²) in [6, 6.07) is 5.66. The Hall–Kier alpha value is -1.71. The van der Waals surface area contributed by atoms with E-state index in [1.54, 1.807) is 12.1 Å². The third kappa shape index (κ3) is 2.40. The number of carbonyl (C=O) groups is 1. The zero-order valence-corrected chi connectivity index (χ0v) is 9.32. The predicted octanol–water partition coefficient (Wildman–Crippen LogP) is 1.21. The van der Waals surface area contributed by atoms with Gasteiger partial charge in [0.1, 0.15) is 0 Å². The van der Waals surface area contributed by atoms with Crippen LogP contribution < -0.4 is 16.4 Å². The van der Waals surface area contributed by atoms with Gasteiger partial charge in [-0.05, 0) is 32.0 Å². The SMILES string of the molecule is CC(C)N(C)c1ccc(N)c(C(N)=O)c1. The minimum Gasteiger partial charge on any atom is -0.398 e. The van der Waals surface area contributed by atoms with E-state index >= 15 is 0 Å². The first kappa shape index (κ1) is 11.4. The highest BCUT2D eigenvalue weighted by Gasteiger charge is 2.10. The molecule has 0 fully saturated rings. The van der Waals surface area contributed by atoms with E-state index in [2.05, 4.69) is 13.8 Å². The minimum atomic E-state index is -0.494. The van der Waals surface area contributed by atoms with Gasteiger partial charge in [-0.1, -0.05) is 0 Å². The molecule has 0 radical (unpaired) electrons. The third-order valence-corrected chi connectivity index (χ3v) is 2.48. The predicted molar refractivity (Wildman–Crippen MR) is 62.9 cm³/mol. The topological polar surface area (TPSA) is 72.3 Å². The number of primary amides is 1. The van der Waals surface area contributed by atoms with Gasteiger partial charge < -0.3 is 16.4 Å². The molecule has 0 aromatic heterocycles.